The van der Waals surface area contributed by atoms with Gasteiger partial charge in [0.25, 0.3) is 0 Å². The van der Waals surface area contributed by atoms with Crippen LogP contribution in [0, 0.1) is 11.2 Å². The molecule has 1 rings (SSSR count). The van der Waals surface area contributed by atoms with E-state index in [4.69, 9.17) is 5.73 Å². The van der Waals surface area contributed by atoms with Gasteiger partial charge in [-0.2, -0.15) is 0 Å². The predicted molar refractivity (Wildman–Crippen MR) is 111 cm³/mol. The molecule has 0 atom stereocenters. The second-order valence-corrected chi connectivity index (χ2v) is 7.21. The highest BCUT2D eigenvalue weighted by molar-refractivity contribution is 5.93. The van der Waals surface area contributed by atoms with Crippen LogP contribution in [0.5, 0.6) is 0 Å². The molecule has 0 aliphatic carbocycles. The zero-order valence-electron chi connectivity index (χ0n) is 16.6. The van der Waals surface area contributed by atoms with E-state index in [2.05, 4.69) is 4.99 Å². The van der Waals surface area contributed by atoms with E-state index in [0.717, 1.165) is 6.42 Å². The van der Waals surface area contributed by atoms with Crippen molar-refractivity contribution < 1.29 is 21.2 Å². The number of hydrogen-bond donors (Lipinski definition) is 2. The monoisotopic (exact) mass is 383 g/mol. The van der Waals surface area contributed by atoms with Crippen LogP contribution in [0.1, 0.15) is 48.4 Å². The SMILES string of the molecule is CCCC(=O)N(CCCN=C(N)/C=C(\O)C(C)(C)C)c1ccc(F)cc1.O.[HH]. The van der Waals surface area contributed by atoms with Gasteiger partial charge in [0.15, 0.2) is 0 Å². The Bertz CT molecular complexity index is 656. The molecule has 0 saturated carbocycles. The van der Waals surface area contributed by atoms with Crippen LogP contribution < -0.4 is 10.6 Å². The molecule has 0 radical (unpaired) electrons. The molecule has 1 amide bonds. The van der Waals surface area contributed by atoms with Crippen molar-refractivity contribution in [2.24, 2.45) is 16.1 Å². The third-order valence-corrected chi connectivity index (χ3v) is 3.79. The number of aliphatic hydroxyl groups is 1. The number of nitrogens with two attached hydrogens (primary N) is 1. The van der Waals surface area contributed by atoms with Gasteiger partial charge in [0.05, 0.1) is 0 Å². The molecule has 0 bridgehead atoms. The Morgan fingerprint density at radius 1 is 1.33 bits per heavy atom. The summed E-state index contributed by atoms with van der Waals surface area (Å²) in [6.45, 7) is 8.48. The van der Waals surface area contributed by atoms with Gasteiger partial charge in [-0.25, -0.2) is 4.39 Å². The maximum absolute atomic E-state index is 13.1. The van der Waals surface area contributed by atoms with E-state index >= 15 is 0 Å². The van der Waals surface area contributed by atoms with Gasteiger partial charge in [0.2, 0.25) is 5.91 Å². The van der Waals surface area contributed by atoms with E-state index in [9.17, 15) is 14.3 Å². The number of aliphatic imine (C=N–C) groups is 1. The Morgan fingerprint density at radius 2 is 1.93 bits per heavy atom. The lowest BCUT2D eigenvalue weighted by Gasteiger charge is -2.22. The van der Waals surface area contributed by atoms with Crippen LogP contribution in [0.2, 0.25) is 0 Å². The molecule has 1 aromatic carbocycles. The van der Waals surface area contributed by atoms with Gasteiger partial charge in [0.1, 0.15) is 17.4 Å². The van der Waals surface area contributed by atoms with Gasteiger partial charge in [-0.1, -0.05) is 27.7 Å². The van der Waals surface area contributed by atoms with Crippen LogP contribution >= 0.6 is 0 Å². The molecule has 0 heterocycles. The van der Waals surface area contributed by atoms with Crippen molar-refractivity contribution in [2.45, 2.75) is 47.0 Å². The van der Waals surface area contributed by atoms with Crippen LogP contribution in [-0.2, 0) is 4.79 Å². The zero-order chi connectivity index (χ0) is 19.7. The highest BCUT2D eigenvalue weighted by Crippen LogP contribution is 2.22. The van der Waals surface area contributed by atoms with Gasteiger partial charge in [-0.15, -0.1) is 0 Å². The standard InChI is InChI=1S/C20H30FN3O2.H2O.H2/c1-5-7-19(26)24(16-10-8-15(21)9-11-16)13-6-12-23-18(22)14-17(25)20(2,3)4;;/h8-11,14,25H,5-7,12-13H2,1-4H3,(H2,22,23);1H2;1H/b17-14-;;. The van der Waals surface area contributed by atoms with E-state index in [-0.39, 0.29) is 35.6 Å². The normalized spacial score (nSPS) is 12.5. The Hall–Kier alpha value is -2.41. The molecule has 6 nitrogen and oxygen atoms in total. The predicted octanol–water partition coefficient (Wildman–Crippen LogP) is 3.62. The minimum Gasteiger partial charge on any atom is -0.512 e. The minimum absolute atomic E-state index is 0. The third-order valence-electron chi connectivity index (χ3n) is 3.79. The van der Waals surface area contributed by atoms with Crippen molar-refractivity contribution in [3.8, 4) is 0 Å². The van der Waals surface area contributed by atoms with E-state index in [1.54, 1.807) is 17.0 Å². The summed E-state index contributed by atoms with van der Waals surface area (Å²) >= 11 is 0. The summed E-state index contributed by atoms with van der Waals surface area (Å²) in [5, 5.41) is 9.92. The van der Waals surface area contributed by atoms with Gasteiger partial charge in [-0.05, 0) is 37.1 Å². The lowest BCUT2D eigenvalue weighted by Crippen LogP contribution is -2.32. The molecule has 27 heavy (non-hydrogen) atoms. The fraction of sp³-hybridized carbons (Fsp3) is 0.500. The van der Waals surface area contributed by atoms with Crippen LogP contribution in [0.3, 0.4) is 0 Å². The molecule has 0 aliphatic rings. The van der Waals surface area contributed by atoms with Crippen molar-refractivity contribution in [2.75, 3.05) is 18.0 Å². The van der Waals surface area contributed by atoms with Crippen molar-refractivity contribution in [3.63, 3.8) is 0 Å². The largest absolute Gasteiger partial charge is 0.512 e. The average molecular weight is 384 g/mol. The topological polar surface area (TPSA) is 110 Å². The summed E-state index contributed by atoms with van der Waals surface area (Å²) in [4.78, 5) is 18.2. The van der Waals surface area contributed by atoms with Crippen molar-refractivity contribution in [1.82, 2.24) is 0 Å². The second kappa shape index (κ2) is 11.3. The van der Waals surface area contributed by atoms with E-state index < -0.39 is 0 Å². The third kappa shape index (κ3) is 8.68. The molecule has 7 heteroatoms. The fourth-order valence-electron chi connectivity index (χ4n) is 2.21. The Labute approximate surface area is 162 Å². The lowest BCUT2D eigenvalue weighted by molar-refractivity contribution is -0.118. The summed E-state index contributed by atoms with van der Waals surface area (Å²) in [5.41, 5.74) is 6.11. The van der Waals surface area contributed by atoms with E-state index in [0.29, 0.717) is 31.6 Å². The van der Waals surface area contributed by atoms with Crippen molar-refractivity contribution in [3.05, 3.63) is 41.9 Å². The number of amidine groups is 1. The molecule has 0 saturated heterocycles. The number of amides is 1. The van der Waals surface area contributed by atoms with Crippen LogP contribution in [0.4, 0.5) is 10.1 Å². The molecule has 0 spiro atoms. The smallest absolute Gasteiger partial charge is 0.226 e. The number of nitrogens with zero attached hydrogens (tertiary/aromatic N) is 2. The van der Waals surface area contributed by atoms with Crippen LogP contribution in [-0.4, -0.2) is 35.4 Å². The van der Waals surface area contributed by atoms with Crippen LogP contribution in [0.25, 0.3) is 0 Å². The molecule has 0 aromatic heterocycles. The first-order valence-corrected chi connectivity index (χ1v) is 8.92. The number of benzene rings is 1. The molecule has 0 fully saturated rings. The highest BCUT2D eigenvalue weighted by atomic mass is 19.1. The number of hydrogen-bond acceptors (Lipinski definition) is 3. The summed E-state index contributed by atoms with van der Waals surface area (Å²) in [5.74, 6) is 0.0937. The maximum Gasteiger partial charge on any atom is 0.226 e. The molecule has 0 unspecified atom stereocenters. The van der Waals surface area contributed by atoms with Crippen molar-refractivity contribution >= 4 is 17.4 Å². The van der Waals surface area contributed by atoms with Gasteiger partial charge in [0, 0.05) is 38.1 Å². The molecule has 1 aromatic rings. The van der Waals surface area contributed by atoms with Crippen molar-refractivity contribution in [1.29, 1.82) is 0 Å². The summed E-state index contributed by atoms with van der Waals surface area (Å²) in [6, 6.07) is 5.89. The molecular weight excluding hydrogens is 349 g/mol. The summed E-state index contributed by atoms with van der Waals surface area (Å²) in [6.07, 6.45) is 3.25. The maximum atomic E-state index is 13.1. The summed E-state index contributed by atoms with van der Waals surface area (Å²) in [7, 11) is 0. The highest BCUT2D eigenvalue weighted by Gasteiger charge is 2.16. The number of carbonyl (C=O) groups is 1. The Kier molecular flexibility index (Phi) is 10.3. The first-order chi connectivity index (χ1) is 12.1. The average Bonchev–Trinajstić information content (AvgIpc) is 2.55. The number of aliphatic hydroxyl groups excluding tert-OH is 1. The van der Waals surface area contributed by atoms with Crippen LogP contribution in [0.15, 0.2) is 41.1 Å². The summed E-state index contributed by atoms with van der Waals surface area (Å²) < 4.78 is 13.1. The van der Waals surface area contributed by atoms with Gasteiger partial charge >= 0.3 is 0 Å². The number of allylic oxidation sites excluding steroid dienone is 1. The fourth-order valence-corrected chi connectivity index (χ4v) is 2.21. The van der Waals surface area contributed by atoms with Gasteiger partial charge < -0.3 is 21.2 Å². The zero-order valence-corrected chi connectivity index (χ0v) is 16.6. The number of halogens is 1. The molecule has 0 aliphatic heterocycles. The minimum atomic E-state index is -0.383. The number of carbonyl (C=O) groups excluding carboxylic acids is 1. The van der Waals surface area contributed by atoms with E-state index in [1.165, 1.54) is 18.2 Å². The number of rotatable bonds is 8. The molecular formula is C20H34FN3O3. The lowest BCUT2D eigenvalue weighted by atomic mass is 9.93. The second-order valence-electron chi connectivity index (χ2n) is 7.21. The Morgan fingerprint density at radius 3 is 2.44 bits per heavy atom. The molecule has 5 N–H and O–H groups in total. The van der Waals surface area contributed by atoms with E-state index in [1.807, 2.05) is 27.7 Å². The first kappa shape index (κ1) is 24.6. The first-order valence-electron chi connectivity index (χ1n) is 8.92. The molecule has 154 valence electrons. The number of anilines is 1. The quantitative estimate of drug-likeness (QED) is 0.309. The van der Waals surface area contributed by atoms with Gasteiger partial charge in [-0.3, -0.25) is 9.79 Å². The Balaban J connectivity index is 0.